The van der Waals surface area contributed by atoms with E-state index in [0.29, 0.717) is 25.0 Å². The highest BCUT2D eigenvalue weighted by Crippen LogP contribution is 2.37. The molecule has 26 heavy (non-hydrogen) atoms. The second-order valence-electron chi connectivity index (χ2n) is 7.50. The average Bonchev–Trinajstić information content (AvgIpc) is 2.67. The van der Waals surface area contributed by atoms with E-state index in [1.807, 2.05) is 12.1 Å². The summed E-state index contributed by atoms with van der Waals surface area (Å²) in [5.41, 5.74) is 4.04. The predicted octanol–water partition coefficient (Wildman–Crippen LogP) is 5.72. The Kier molecular flexibility index (Phi) is 6.08. The van der Waals surface area contributed by atoms with E-state index in [2.05, 4.69) is 52.0 Å². The fourth-order valence-electron chi connectivity index (χ4n) is 3.29. The van der Waals surface area contributed by atoms with E-state index in [1.165, 1.54) is 23.1 Å². The highest BCUT2D eigenvalue weighted by atomic mass is 16.6. The lowest BCUT2D eigenvalue weighted by Crippen LogP contribution is -2.16. The van der Waals surface area contributed by atoms with Crippen LogP contribution in [-0.2, 0) is 6.42 Å². The molecule has 4 rings (SSSR count). The van der Waals surface area contributed by atoms with Crippen LogP contribution in [0.3, 0.4) is 0 Å². The van der Waals surface area contributed by atoms with Crippen LogP contribution >= 0.6 is 0 Å². The van der Waals surface area contributed by atoms with Crippen molar-refractivity contribution in [2.45, 2.75) is 52.4 Å². The van der Waals surface area contributed by atoms with Gasteiger partial charge < -0.3 is 14.2 Å². The summed E-state index contributed by atoms with van der Waals surface area (Å²) < 4.78 is 16.6. The molecular formula is C23H30O3. The number of ether oxygens (including phenoxy) is 3. The maximum absolute atomic E-state index is 5.59. The largest absolute Gasteiger partial charge is 0.493 e. The molecule has 2 heterocycles. The van der Waals surface area contributed by atoms with Crippen molar-refractivity contribution >= 4 is 0 Å². The number of benzene rings is 2. The first-order chi connectivity index (χ1) is 12.6. The van der Waals surface area contributed by atoms with Gasteiger partial charge in [-0.25, -0.2) is 0 Å². The van der Waals surface area contributed by atoms with Crippen LogP contribution in [0, 0.1) is 0 Å². The maximum atomic E-state index is 5.59. The topological polar surface area (TPSA) is 27.7 Å². The summed E-state index contributed by atoms with van der Waals surface area (Å²) >= 11 is 0. The highest BCUT2D eigenvalue weighted by Gasteiger charge is 2.16. The number of fused-ring (bicyclic) bond motifs is 2. The van der Waals surface area contributed by atoms with Crippen molar-refractivity contribution in [3.8, 4) is 17.2 Å². The lowest BCUT2D eigenvalue weighted by molar-refractivity contribution is 0.169. The van der Waals surface area contributed by atoms with E-state index in [-0.39, 0.29) is 0 Å². The van der Waals surface area contributed by atoms with Crippen LogP contribution in [0.4, 0.5) is 0 Å². The molecule has 0 bridgehead atoms. The van der Waals surface area contributed by atoms with Crippen molar-refractivity contribution in [3.63, 3.8) is 0 Å². The van der Waals surface area contributed by atoms with E-state index in [0.717, 1.165) is 30.3 Å². The molecule has 2 aliphatic rings. The highest BCUT2D eigenvalue weighted by molar-refractivity contribution is 5.48. The molecule has 2 aliphatic heterocycles. The fourth-order valence-corrected chi connectivity index (χ4v) is 3.29. The molecule has 140 valence electrons. The van der Waals surface area contributed by atoms with Gasteiger partial charge in [-0.15, -0.1) is 0 Å². The molecule has 0 spiro atoms. The molecule has 0 fully saturated rings. The van der Waals surface area contributed by atoms with Crippen LogP contribution in [0.1, 0.15) is 62.6 Å². The normalized spacial score (nSPS) is 15.0. The molecule has 0 aliphatic carbocycles. The van der Waals surface area contributed by atoms with Gasteiger partial charge in [0.15, 0.2) is 11.5 Å². The molecule has 0 saturated carbocycles. The Morgan fingerprint density at radius 3 is 2.31 bits per heavy atom. The molecule has 0 N–H and O–H groups in total. The van der Waals surface area contributed by atoms with E-state index < -0.39 is 0 Å². The van der Waals surface area contributed by atoms with Gasteiger partial charge in [0.25, 0.3) is 0 Å². The third-order valence-corrected chi connectivity index (χ3v) is 4.82. The first kappa shape index (κ1) is 18.6. The lowest BCUT2D eigenvalue weighted by atomic mass is 9.97. The molecule has 0 atom stereocenters. The summed E-state index contributed by atoms with van der Waals surface area (Å²) in [7, 11) is 0. The van der Waals surface area contributed by atoms with Gasteiger partial charge in [-0.1, -0.05) is 52.0 Å². The minimum atomic E-state index is 0.483. The number of aryl methyl sites for hydroxylation is 1. The maximum Gasteiger partial charge on any atom is 0.164 e. The van der Waals surface area contributed by atoms with Crippen LogP contribution < -0.4 is 14.2 Å². The Labute approximate surface area is 157 Å². The molecular weight excluding hydrogens is 324 g/mol. The van der Waals surface area contributed by atoms with Crippen molar-refractivity contribution in [2.75, 3.05) is 19.8 Å². The lowest BCUT2D eigenvalue weighted by Gasteiger charge is -2.22. The number of hydrogen-bond donors (Lipinski definition) is 0. The van der Waals surface area contributed by atoms with E-state index in [9.17, 15) is 0 Å². The minimum Gasteiger partial charge on any atom is -0.493 e. The van der Waals surface area contributed by atoms with Gasteiger partial charge in [0.1, 0.15) is 19.0 Å². The van der Waals surface area contributed by atoms with Crippen molar-refractivity contribution in [1.82, 2.24) is 0 Å². The van der Waals surface area contributed by atoms with Crippen LogP contribution in [0.5, 0.6) is 17.2 Å². The summed E-state index contributed by atoms with van der Waals surface area (Å²) in [6.45, 7) is 11.0. The Morgan fingerprint density at radius 1 is 0.769 bits per heavy atom. The standard InChI is InChI=1S/C12H16O.C11H14O2/c1-9(2)10-5-6-12-11(8-10)4-3-7-13-12;1-8(2)9-4-3-5-10-11(9)13-7-6-12-10/h5-6,8-9H,3-4,7H2,1-2H3;3-5,8H,6-7H2,1-2H3. The summed E-state index contributed by atoms with van der Waals surface area (Å²) in [4.78, 5) is 0. The van der Waals surface area contributed by atoms with Crippen LogP contribution in [0.15, 0.2) is 36.4 Å². The monoisotopic (exact) mass is 354 g/mol. The molecule has 0 unspecified atom stereocenters. The molecule has 0 saturated heterocycles. The zero-order valence-electron chi connectivity index (χ0n) is 16.4. The van der Waals surface area contributed by atoms with Crippen LogP contribution in [-0.4, -0.2) is 19.8 Å². The predicted molar refractivity (Wildman–Crippen MR) is 106 cm³/mol. The first-order valence-electron chi connectivity index (χ1n) is 9.70. The van der Waals surface area contributed by atoms with Crippen LogP contribution in [0.2, 0.25) is 0 Å². The summed E-state index contributed by atoms with van der Waals surface area (Å²) in [5.74, 6) is 4.01. The fraction of sp³-hybridized carbons (Fsp3) is 0.478. The van der Waals surface area contributed by atoms with Gasteiger partial charge in [-0.3, -0.25) is 0 Å². The zero-order valence-corrected chi connectivity index (χ0v) is 16.4. The average molecular weight is 354 g/mol. The Balaban J connectivity index is 0.000000151. The van der Waals surface area contributed by atoms with Gasteiger partial charge in [0.05, 0.1) is 6.61 Å². The molecule has 0 radical (unpaired) electrons. The number of hydrogen-bond acceptors (Lipinski definition) is 3. The van der Waals surface area contributed by atoms with E-state index >= 15 is 0 Å². The van der Waals surface area contributed by atoms with Gasteiger partial charge in [0, 0.05) is 5.56 Å². The van der Waals surface area contributed by atoms with Crippen LogP contribution in [0.25, 0.3) is 0 Å². The van der Waals surface area contributed by atoms with Crippen molar-refractivity contribution in [1.29, 1.82) is 0 Å². The number of para-hydroxylation sites is 1. The molecule has 0 aromatic heterocycles. The van der Waals surface area contributed by atoms with Gasteiger partial charge >= 0.3 is 0 Å². The Morgan fingerprint density at radius 2 is 1.54 bits per heavy atom. The molecule has 2 aromatic carbocycles. The zero-order chi connectivity index (χ0) is 18.5. The Hall–Kier alpha value is -2.16. The molecule has 3 nitrogen and oxygen atoms in total. The van der Waals surface area contributed by atoms with E-state index in [4.69, 9.17) is 14.2 Å². The SMILES string of the molecule is CC(C)c1ccc2c(c1)CCCO2.CC(C)c1cccc2c1OCCO2. The second-order valence-corrected chi connectivity index (χ2v) is 7.50. The second kappa shape index (κ2) is 8.48. The van der Waals surface area contributed by atoms with Crippen molar-refractivity contribution in [2.24, 2.45) is 0 Å². The summed E-state index contributed by atoms with van der Waals surface area (Å²) in [6, 6.07) is 12.7. The van der Waals surface area contributed by atoms with Gasteiger partial charge in [0.2, 0.25) is 0 Å². The third kappa shape index (κ3) is 4.32. The smallest absolute Gasteiger partial charge is 0.164 e. The summed E-state index contributed by atoms with van der Waals surface area (Å²) in [5, 5.41) is 0. The molecule has 2 aromatic rings. The van der Waals surface area contributed by atoms with Gasteiger partial charge in [-0.05, 0) is 47.9 Å². The Bertz CT molecular complexity index is 732. The van der Waals surface area contributed by atoms with E-state index in [1.54, 1.807) is 0 Å². The first-order valence-corrected chi connectivity index (χ1v) is 9.70. The molecule has 0 amide bonds. The summed E-state index contributed by atoms with van der Waals surface area (Å²) in [6.07, 6.45) is 2.34. The number of rotatable bonds is 2. The van der Waals surface area contributed by atoms with Crippen molar-refractivity contribution in [3.05, 3.63) is 53.1 Å². The minimum absolute atomic E-state index is 0.483. The third-order valence-electron chi connectivity index (χ3n) is 4.82. The quantitative estimate of drug-likeness (QED) is 0.691. The molecule has 3 heteroatoms. The van der Waals surface area contributed by atoms with Gasteiger partial charge in [-0.2, -0.15) is 0 Å². The van der Waals surface area contributed by atoms with Crippen molar-refractivity contribution < 1.29 is 14.2 Å².